The molecule has 0 spiro atoms. The van der Waals surface area contributed by atoms with Gasteiger partial charge in [0.15, 0.2) is 0 Å². The summed E-state index contributed by atoms with van der Waals surface area (Å²) >= 11 is 0. The van der Waals surface area contributed by atoms with Gasteiger partial charge in [-0.25, -0.2) is 0 Å². The van der Waals surface area contributed by atoms with Crippen LogP contribution < -0.4 is 0 Å². The summed E-state index contributed by atoms with van der Waals surface area (Å²) in [6.07, 6.45) is 0. The molecule has 0 fully saturated rings. The zero-order chi connectivity index (χ0) is 6.00. The van der Waals surface area contributed by atoms with E-state index in [4.69, 9.17) is 34.2 Å². The van der Waals surface area contributed by atoms with Crippen LogP contribution in [-0.4, -0.2) is 0 Å². The van der Waals surface area contributed by atoms with Crippen LogP contribution in [0.4, 0.5) is 0 Å². The van der Waals surface area contributed by atoms with Crippen LogP contribution in [0.25, 0.3) is 5.59 Å². The first-order valence-electron chi connectivity index (χ1n) is 0.630. The van der Waals surface area contributed by atoms with E-state index in [9.17, 15) is 0 Å². The van der Waals surface area contributed by atoms with Crippen LogP contribution in [0, 0.1) is 28.6 Å². The second kappa shape index (κ2) is 1440. The van der Waals surface area contributed by atoms with Crippen molar-refractivity contribution in [3.05, 3.63) is 23.6 Å². The van der Waals surface area contributed by atoms with Crippen molar-refractivity contribution >= 4 is 0 Å². The molecule has 0 aromatic rings. The zero-order valence-electron chi connectivity index (χ0n) is 3.40. The van der Waals surface area contributed by atoms with Gasteiger partial charge in [-0.15, -0.1) is 0 Å². The second-order valence-corrected chi connectivity index (χ2v) is 0. The molecule has 0 unspecified atom stereocenters. The minimum absolute atomic E-state index is 0. The molecule has 0 aliphatic carbocycles. The van der Waals surface area contributed by atoms with Gasteiger partial charge in [-0.05, 0) is 0 Å². The topological polar surface area (TPSA) is 86.9 Å². The van der Waals surface area contributed by atoms with E-state index in [0.29, 0.717) is 0 Å². The number of hydrogen-bond donors (Lipinski definition) is 0. The number of rotatable bonds is 0. The van der Waals surface area contributed by atoms with Crippen molar-refractivity contribution < 1.29 is 34.1 Å². The molecule has 0 amide bonds. The predicted molar refractivity (Wildman–Crippen MR) is 16.7 cm³/mol. The quantitative estimate of drug-likeness (QED) is 0.422. The SMILES string of the molecule is [C-]#N.[C-]#N.[Cu+].[Fe+2].[N-]=O. The van der Waals surface area contributed by atoms with E-state index in [1.807, 2.05) is 0 Å². The molecule has 0 heterocycles. The summed E-state index contributed by atoms with van der Waals surface area (Å²) in [7, 11) is 0. The maximum Gasteiger partial charge on any atom is 2.00 e. The molecule has 0 rings (SSSR count). The zero-order valence-corrected chi connectivity index (χ0v) is 5.45. The summed E-state index contributed by atoms with van der Waals surface area (Å²) in [5.41, 5.74) is 5.75. The Morgan fingerprint density at radius 2 is 1.00 bits per heavy atom. The standard InChI is InChI=1S/2CN.Cu.Fe.NO/c2*1-2;;;1-2/q2*-1;+1;+2;-1. The third-order valence-electron chi connectivity index (χ3n) is 0. The minimum atomic E-state index is 0. The molecule has 4 nitrogen and oxygen atoms in total. The van der Waals surface area contributed by atoms with E-state index in [2.05, 4.69) is 0 Å². The largest absolute Gasteiger partial charge is 2.00 e. The van der Waals surface area contributed by atoms with Crippen LogP contribution in [-0.2, 0) is 34.1 Å². The number of hydrogen-bond acceptors (Lipinski definition) is 3. The van der Waals surface area contributed by atoms with E-state index < -0.39 is 0 Å². The first kappa shape index (κ1) is 48.7. The summed E-state index contributed by atoms with van der Waals surface area (Å²) in [4.78, 5) is 7.25. The Bertz CT molecular complexity index is 41.0. The maximum atomic E-state index is 7.25. The van der Waals surface area contributed by atoms with Gasteiger partial charge in [-0.3, -0.25) is 0 Å². The van der Waals surface area contributed by atoms with Crippen molar-refractivity contribution in [2.24, 2.45) is 0 Å². The van der Waals surface area contributed by atoms with Crippen molar-refractivity contribution in [2.45, 2.75) is 0 Å². The van der Waals surface area contributed by atoms with Gasteiger partial charge < -0.3 is 34.2 Å². The van der Waals surface area contributed by atoms with Gasteiger partial charge in [0.1, 0.15) is 0 Å². The molecule has 6 heteroatoms. The van der Waals surface area contributed by atoms with Crippen LogP contribution in [0.2, 0.25) is 0 Å². The molecule has 0 bridgehead atoms. The van der Waals surface area contributed by atoms with Crippen molar-refractivity contribution in [1.82, 2.24) is 0 Å². The summed E-state index contributed by atoms with van der Waals surface area (Å²) in [5.74, 6) is 0. The smallest absolute Gasteiger partial charge is 0.577 e. The van der Waals surface area contributed by atoms with Gasteiger partial charge in [-0.1, -0.05) is 0 Å². The van der Waals surface area contributed by atoms with Gasteiger partial charge in [-0.2, -0.15) is 0 Å². The molecule has 48 valence electrons. The Balaban J connectivity index is -0.00000000500. The molecular weight excluding hydrogens is 201 g/mol. The van der Waals surface area contributed by atoms with E-state index >= 15 is 0 Å². The Labute approximate surface area is 68.6 Å². The van der Waals surface area contributed by atoms with Crippen molar-refractivity contribution in [3.8, 4) is 0 Å². The van der Waals surface area contributed by atoms with E-state index in [1.54, 1.807) is 0 Å². The molecule has 0 saturated heterocycles. The summed E-state index contributed by atoms with van der Waals surface area (Å²) < 4.78 is 0. The van der Waals surface area contributed by atoms with Crippen LogP contribution in [0.5, 0.6) is 0 Å². The predicted octanol–water partition coefficient (Wildman–Crippen LogP) is 0.510. The normalized spacial score (nSPS) is 1.00. The van der Waals surface area contributed by atoms with Crippen molar-refractivity contribution in [2.75, 3.05) is 0 Å². The van der Waals surface area contributed by atoms with E-state index in [0.717, 1.165) is 0 Å². The molecule has 0 aliphatic rings. The molecular formula is C2CuFeN3O. The Hall–Kier alpha value is -0.381. The van der Waals surface area contributed by atoms with Crippen molar-refractivity contribution in [3.63, 3.8) is 0 Å². The van der Waals surface area contributed by atoms with Crippen LogP contribution in [0.3, 0.4) is 0 Å². The average Bonchev–Trinajstić information content (AvgIpc) is 1.81. The summed E-state index contributed by atoms with van der Waals surface area (Å²) in [6, 6.07) is 0. The fraction of sp³-hybridized carbons (Fsp3) is 0. The van der Waals surface area contributed by atoms with Crippen LogP contribution >= 0.6 is 0 Å². The third kappa shape index (κ3) is 826. The van der Waals surface area contributed by atoms with Crippen LogP contribution in [0.15, 0.2) is 0 Å². The molecule has 0 N–H and O–H groups in total. The molecule has 8 heavy (non-hydrogen) atoms. The molecule has 0 aromatic heterocycles. The molecule has 0 aliphatic heterocycles. The minimum Gasteiger partial charge on any atom is -0.577 e. The fourth-order valence-corrected chi connectivity index (χ4v) is 0. The number of nitrogens with zero attached hydrogens (tertiary/aromatic N) is 3. The monoisotopic (exact) mass is 201 g/mol. The third-order valence-corrected chi connectivity index (χ3v) is 0. The van der Waals surface area contributed by atoms with Gasteiger partial charge in [0.2, 0.25) is 0 Å². The first-order valence-corrected chi connectivity index (χ1v) is 0.630. The molecule has 0 atom stereocenters. The van der Waals surface area contributed by atoms with Gasteiger partial charge in [0.05, 0.1) is 0 Å². The summed E-state index contributed by atoms with van der Waals surface area (Å²) in [6.45, 7) is 9.50. The van der Waals surface area contributed by atoms with E-state index in [1.165, 1.54) is 0 Å². The van der Waals surface area contributed by atoms with Gasteiger partial charge in [0.25, 0.3) is 0 Å². The number of nitroso groups, excluding NO2 is 1. The molecule has 0 radical (unpaired) electrons. The van der Waals surface area contributed by atoms with Crippen molar-refractivity contribution in [1.29, 1.82) is 10.5 Å². The van der Waals surface area contributed by atoms with E-state index in [-0.39, 0.29) is 34.1 Å². The molecule has 0 saturated carbocycles. The Morgan fingerprint density at radius 1 is 1.00 bits per heavy atom. The maximum absolute atomic E-state index is 7.25. The summed E-state index contributed by atoms with van der Waals surface area (Å²) in [5, 5.41) is 12.5. The Kier molecular flexibility index (Phi) is 8760. The van der Waals surface area contributed by atoms with Gasteiger partial charge in [0, 0.05) is 0 Å². The van der Waals surface area contributed by atoms with Crippen LogP contribution in [0.1, 0.15) is 0 Å². The molecule has 0 aromatic carbocycles. The Morgan fingerprint density at radius 3 is 1.00 bits per heavy atom. The van der Waals surface area contributed by atoms with Gasteiger partial charge >= 0.3 is 34.1 Å². The first-order chi connectivity index (χ1) is 3.00. The average molecular weight is 201 g/mol. The second-order valence-electron chi connectivity index (χ2n) is 0. The fourth-order valence-electron chi connectivity index (χ4n) is 0.